The molecule has 2 aliphatic rings. The predicted molar refractivity (Wildman–Crippen MR) is 143 cm³/mol. The van der Waals surface area contributed by atoms with Gasteiger partial charge in [-0.25, -0.2) is 14.8 Å². The van der Waals surface area contributed by atoms with E-state index in [0.29, 0.717) is 17.0 Å². The fourth-order valence-corrected chi connectivity index (χ4v) is 5.78. The van der Waals surface area contributed by atoms with Crippen molar-refractivity contribution in [2.45, 2.75) is 89.5 Å². The van der Waals surface area contributed by atoms with Crippen LogP contribution in [0.15, 0.2) is 24.3 Å². The lowest BCUT2D eigenvalue weighted by molar-refractivity contribution is -0.137. The lowest BCUT2D eigenvalue weighted by Crippen LogP contribution is -2.48. The van der Waals surface area contributed by atoms with Crippen LogP contribution in [-0.4, -0.2) is 48.6 Å². The molecule has 2 saturated carbocycles. The Morgan fingerprint density at radius 2 is 1.82 bits per heavy atom. The number of nitrogens with one attached hydrogen (secondary N) is 1. The SMILES string of the molecule is CC(Nc1nc(C(=O)O)nc2nc(N(C=O)C3(C)CCCCC3)n(Cc3ccc(C(F)(F)F)cc3)c12)C1CCC1. The highest BCUT2D eigenvalue weighted by atomic mass is 19.4. The van der Waals surface area contributed by atoms with Crippen LogP contribution in [0.2, 0.25) is 0 Å². The smallest absolute Gasteiger partial charge is 0.416 e. The van der Waals surface area contributed by atoms with Crippen molar-refractivity contribution >= 4 is 35.3 Å². The Hall–Kier alpha value is -3.70. The molecule has 0 saturated heterocycles. The summed E-state index contributed by atoms with van der Waals surface area (Å²) in [7, 11) is 0. The standard InChI is InChI=1S/C28H33F3N6O3/c1-17(19-7-6-8-19)32-22-21-23(34-24(33-22)25(39)40)35-26(37(16-38)27(2)13-4-3-5-14-27)36(21)15-18-9-11-20(12-10-18)28(29,30)31/h9-12,16-17,19H,3-8,13-15H2,1-2H3,(H,39,40)(H,32,33,34). The molecule has 0 spiro atoms. The Balaban J connectivity index is 1.67. The minimum Gasteiger partial charge on any atom is -0.475 e. The second-order valence-electron chi connectivity index (χ2n) is 11.2. The molecule has 2 heterocycles. The normalized spacial score (nSPS) is 18.2. The van der Waals surface area contributed by atoms with Crippen molar-refractivity contribution in [2.75, 3.05) is 10.2 Å². The van der Waals surface area contributed by atoms with E-state index < -0.39 is 29.1 Å². The first kappa shape index (κ1) is 27.9. The van der Waals surface area contributed by atoms with E-state index in [2.05, 4.69) is 20.3 Å². The average molecular weight is 559 g/mol. The molecule has 9 nitrogen and oxygen atoms in total. The van der Waals surface area contributed by atoms with Crippen molar-refractivity contribution in [1.82, 2.24) is 19.5 Å². The first-order chi connectivity index (χ1) is 19.0. The third-order valence-corrected chi connectivity index (χ3v) is 8.45. The first-order valence-corrected chi connectivity index (χ1v) is 13.7. The highest BCUT2D eigenvalue weighted by Crippen LogP contribution is 2.39. The summed E-state index contributed by atoms with van der Waals surface area (Å²) in [5.41, 5.74) is -0.244. The van der Waals surface area contributed by atoms with Crippen LogP contribution in [-0.2, 0) is 17.5 Å². The highest BCUT2D eigenvalue weighted by molar-refractivity contribution is 5.93. The summed E-state index contributed by atoms with van der Waals surface area (Å²) in [6.45, 7) is 4.08. The number of nitrogens with zero attached hydrogens (tertiary/aromatic N) is 5. The van der Waals surface area contributed by atoms with Gasteiger partial charge in [-0.3, -0.25) is 9.69 Å². The minimum absolute atomic E-state index is 0.00981. The number of carboxylic acids is 1. The van der Waals surface area contributed by atoms with Gasteiger partial charge in [-0.15, -0.1) is 0 Å². The minimum atomic E-state index is -4.47. The summed E-state index contributed by atoms with van der Waals surface area (Å²) in [6, 6.07) is 4.81. The molecule has 12 heteroatoms. The molecule has 1 aromatic carbocycles. The monoisotopic (exact) mass is 558 g/mol. The number of carboxylic acid groups (broad SMARTS) is 1. The molecule has 2 fully saturated rings. The second-order valence-corrected chi connectivity index (χ2v) is 11.2. The number of hydrogen-bond acceptors (Lipinski definition) is 6. The number of imidazole rings is 1. The van der Waals surface area contributed by atoms with Crippen molar-refractivity contribution in [3.05, 3.63) is 41.2 Å². The van der Waals surface area contributed by atoms with Gasteiger partial charge in [0.2, 0.25) is 18.2 Å². The highest BCUT2D eigenvalue weighted by Gasteiger charge is 2.38. The average Bonchev–Trinajstić information content (AvgIpc) is 3.21. The Bertz CT molecular complexity index is 1400. The zero-order valence-corrected chi connectivity index (χ0v) is 22.5. The molecule has 2 N–H and O–H groups in total. The van der Waals surface area contributed by atoms with Gasteiger partial charge in [-0.2, -0.15) is 18.2 Å². The van der Waals surface area contributed by atoms with E-state index in [-0.39, 0.29) is 30.0 Å². The van der Waals surface area contributed by atoms with Crippen LogP contribution in [0.1, 0.15) is 87.0 Å². The van der Waals surface area contributed by atoms with E-state index in [9.17, 15) is 27.9 Å². The van der Waals surface area contributed by atoms with Crippen LogP contribution in [0.5, 0.6) is 0 Å². The largest absolute Gasteiger partial charge is 0.475 e. The lowest BCUT2D eigenvalue weighted by Gasteiger charge is -2.41. The van der Waals surface area contributed by atoms with Gasteiger partial charge in [0.25, 0.3) is 0 Å². The van der Waals surface area contributed by atoms with Crippen LogP contribution in [0.25, 0.3) is 11.2 Å². The van der Waals surface area contributed by atoms with Crippen LogP contribution in [0, 0.1) is 5.92 Å². The number of halogens is 3. The van der Waals surface area contributed by atoms with Crippen LogP contribution >= 0.6 is 0 Å². The molecule has 1 unspecified atom stereocenters. The topological polar surface area (TPSA) is 113 Å². The van der Waals surface area contributed by atoms with Crippen LogP contribution in [0.4, 0.5) is 24.9 Å². The Morgan fingerprint density at radius 3 is 2.38 bits per heavy atom. The molecule has 3 aromatic rings. The van der Waals surface area contributed by atoms with Gasteiger partial charge in [0.15, 0.2) is 11.5 Å². The van der Waals surface area contributed by atoms with Gasteiger partial charge < -0.3 is 15.0 Å². The summed E-state index contributed by atoms with van der Waals surface area (Å²) in [4.78, 5) is 39.3. The summed E-state index contributed by atoms with van der Waals surface area (Å²) in [6.07, 6.45) is 3.92. The van der Waals surface area contributed by atoms with Crippen molar-refractivity contribution < 1.29 is 27.9 Å². The molecule has 0 bridgehead atoms. The van der Waals surface area contributed by atoms with Crippen molar-refractivity contribution in [2.24, 2.45) is 5.92 Å². The molecule has 0 radical (unpaired) electrons. The maximum Gasteiger partial charge on any atom is 0.416 e. The number of aromatic carboxylic acids is 1. The maximum atomic E-state index is 13.2. The Labute approximate surface area is 229 Å². The first-order valence-electron chi connectivity index (χ1n) is 13.7. The number of fused-ring (bicyclic) bond motifs is 1. The number of amides is 1. The van der Waals surface area contributed by atoms with Crippen molar-refractivity contribution in [3.8, 4) is 0 Å². The van der Waals surface area contributed by atoms with E-state index in [4.69, 9.17) is 0 Å². The number of alkyl halides is 3. The van der Waals surface area contributed by atoms with E-state index in [1.165, 1.54) is 12.1 Å². The molecule has 40 heavy (non-hydrogen) atoms. The lowest BCUT2D eigenvalue weighted by atomic mass is 9.80. The summed E-state index contributed by atoms with van der Waals surface area (Å²) in [5, 5.41) is 13.1. The molecule has 5 rings (SSSR count). The third kappa shape index (κ3) is 5.35. The fourth-order valence-electron chi connectivity index (χ4n) is 5.78. The molecular weight excluding hydrogens is 525 g/mol. The number of aromatic nitrogens is 4. The molecule has 214 valence electrons. The zero-order chi connectivity index (χ0) is 28.7. The molecule has 2 aliphatic carbocycles. The summed E-state index contributed by atoms with van der Waals surface area (Å²) in [5.74, 6) is -0.816. The summed E-state index contributed by atoms with van der Waals surface area (Å²) >= 11 is 0. The van der Waals surface area contributed by atoms with Crippen LogP contribution < -0.4 is 10.2 Å². The van der Waals surface area contributed by atoms with Gasteiger partial charge in [0, 0.05) is 11.6 Å². The molecular formula is C28H33F3N6O3. The van der Waals surface area contributed by atoms with E-state index in [0.717, 1.165) is 69.9 Å². The number of benzene rings is 1. The van der Waals surface area contributed by atoms with Crippen molar-refractivity contribution in [1.29, 1.82) is 0 Å². The zero-order valence-electron chi connectivity index (χ0n) is 22.5. The third-order valence-electron chi connectivity index (χ3n) is 8.45. The predicted octanol–water partition coefficient (Wildman–Crippen LogP) is 5.88. The van der Waals surface area contributed by atoms with E-state index in [1.807, 2.05) is 13.8 Å². The summed E-state index contributed by atoms with van der Waals surface area (Å²) < 4.78 is 41.4. The molecule has 0 aliphatic heterocycles. The van der Waals surface area contributed by atoms with Gasteiger partial charge in [-0.1, -0.05) is 37.8 Å². The fraction of sp³-hybridized carbons (Fsp3) is 0.536. The molecule has 2 aromatic heterocycles. The molecule has 1 atom stereocenters. The van der Waals surface area contributed by atoms with Gasteiger partial charge in [0.05, 0.1) is 12.1 Å². The molecule has 1 amide bonds. The second kappa shape index (κ2) is 10.7. The number of carbonyl (C=O) groups excluding carboxylic acids is 1. The van der Waals surface area contributed by atoms with Crippen molar-refractivity contribution in [3.63, 3.8) is 0 Å². The van der Waals surface area contributed by atoms with E-state index >= 15 is 0 Å². The van der Waals surface area contributed by atoms with Gasteiger partial charge in [0.1, 0.15) is 5.52 Å². The number of carbonyl (C=O) groups is 2. The number of anilines is 2. The number of hydrogen-bond donors (Lipinski definition) is 2. The van der Waals surface area contributed by atoms with E-state index in [1.54, 1.807) is 9.47 Å². The Kier molecular flexibility index (Phi) is 7.45. The Morgan fingerprint density at radius 1 is 1.15 bits per heavy atom. The van der Waals surface area contributed by atoms with Crippen LogP contribution in [0.3, 0.4) is 0 Å². The van der Waals surface area contributed by atoms with Gasteiger partial charge in [-0.05, 0) is 63.1 Å². The number of rotatable bonds is 9. The quantitative estimate of drug-likeness (QED) is 0.316. The maximum absolute atomic E-state index is 13.2. The van der Waals surface area contributed by atoms with Gasteiger partial charge >= 0.3 is 12.1 Å².